The lowest BCUT2D eigenvalue weighted by Crippen LogP contribution is -2.41. The van der Waals surface area contributed by atoms with E-state index in [0.29, 0.717) is 0 Å². The SMILES string of the molecule is COC(=O)/C=C\C(OC)(OC)C(=O)OC. The molecule has 6 nitrogen and oxygen atoms in total. The van der Waals surface area contributed by atoms with Gasteiger partial charge < -0.3 is 18.9 Å². The second-order valence-corrected chi connectivity index (χ2v) is 2.42. The summed E-state index contributed by atoms with van der Waals surface area (Å²) in [5.74, 6) is -3.12. The zero-order valence-electron chi connectivity index (χ0n) is 9.10. The molecule has 0 amide bonds. The van der Waals surface area contributed by atoms with E-state index >= 15 is 0 Å². The molecule has 0 bridgehead atoms. The number of esters is 2. The van der Waals surface area contributed by atoms with Crippen LogP contribution in [0.5, 0.6) is 0 Å². The summed E-state index contributed by atoms with van der Waals surface area (Å²) in [6, 6.07) is 0. The van der Waals surface area contributed by atoms with Crippen LogP contribution >= 0.6 is 0 Å². The molecule has 0 aliphatic rings. The third kappa shape index (κ3) is 3.34. The van der Waals surface area contributed by atoms with Crippen molar-refractivity contribution >= 4 is 11.9 Å². The highest BCUT2D eigenvalue weighted by Gasteiger charge is 2.37. The highest BCUT2D eigenvalue weighted by Crippen LogP contribution is 2.15. The Balaban J connectivity index is 4.87. The summed E-state index contributed by atoms with van der Waals surface area (Å²) in [6.45, 7) is 0. The van der Waals surface area contributed by atoms with Crippen LogP contribution in [0.4, 0.5) is 0 Å². The first-order valence-electron chi connectivity index (χ1n) is 4.02. The van der Waals surface area contributed by atoms with Gasteiger partial charge in [0.25, 0.3) is 5.79 Å². The van der Waals surface area contributed by atoms with Crippen molar-refractivity contribution in [1.82, 2.24) is 0 Å². The van der Waals surface area contributed by atoms with Crippen LogP contribution in [0.1, 0.15) is 0 Å². The number of hydrogen-bond acceptors (Lipinski definition) is 6. The Morgan fingerprint density at radius 1 is 1.00 bits per heavy atom. The number of hydrogen-bond donors (Lipinski definition) is 0. The van der Waals surface area contributed by atoms with Gasteiger partial charge in [-0.1, -0.05) is 0 Å². The van der Waals surface area contributed by atoms with Crippen molar-refractivity contribution in [3.63, 3.8) is 0 Å². The van der Waals surface area contributed by atoms with Gasteiger partial charge in [0.1, 0.15) is 0 Å². The Bertz CT molecular complexity index is 253. The van der Waals surface area contributed by atoms with Gasteiger partial charge in [-0.15, -0.1) is 0 Å². The van der Waals surface area contributed by atoms with Crippen LogP contribution in [0.25, 0.3) is 0 Å². The van der Waals surface area contributed by atoms with E-state index in [-0.39, 0.29) is 0 Å². The zero-order chi connectivity index (χ0) is 11.9. The minimum atomic E-state index is -1.72. The van der Waals surface area contributed by atoms with Crippen molar-refractivity contribution in [3.05, 3.63) is 12.2 Å². The standard InChI is InChI=1S/C9H14O6/c1-12-7(10)5-6-9(14-3,15-4)8(11)13-2/h5-6H,1-4H3/b6-5-. The van der Waals surface area contributed by atoms with Gasteiger partial charge in [-0.05, 0) is 6.08 Å². The Hall–Kier alpha value is -1.40. The molecule has 86 valence electrons. The monoisotopic (exact) mass is 218 g/mol. The van der Waals surface area contributed by atoms with Crippen LogP contribution in [0.2, 0.25) is 0 Å². The number of methoxy groups -OCH3 is 4. The highest BCUT2D eigenvalue weighted by molar-refractivity contribution is 5.86. The molecule has 0 aliphatic heterocycles. The van der Waals surface area contributed by atoms with Crippen LogP contribution in [-0.2, 0) is 28.5 Å². The molecule has 0 aromatic heterocycles. The fraction of sp³-hybridized carbons (Fsp3) is 0.556. The zero-order valence-corrected chi connectivity index (χ0v) is 9.10. The van der Waals surface area contributed by atoms with E-state index < -0.39 is 17.7 Å². The molecular formula is C9H14O6. The molecular weight excluding hydrogens is 204 g/mol. The number of carbonyl (C=O) groups excluding carboxylic acids is 2. The summed E-state index contributed by atoms with van der Waals surface area (Å²) in [5, 5.41) is 0. The molecule has 0 rings (SSSR count). The van der Waals surface area contributed by atoms with Crippen LogP contribution in [0.3, 0.4) is 0 Å². The Morgan fingerprint density at radius 3 is 1.87 bits per heavy atom. The molecule has 0 aliphatic carbocycles. The van der Waals surface area contributed by atoms with Gasteiger partial charge in [0.15, 0.2) is 0 Å². The fourth-order valence-corrected chi connectivity index (χ4v) is 0.842. The number of carbonyl (C=O) groups is 2. The second kappa shape index (κ2) is 6.15. The lowest BCUT2D eigenvalue weighted by atomic mass is 10.2. The molecule has 0 unspecified atom stereocenters. The van der Waals surface area contributed by atoms with E-state index in [1.165, 1.54) is 28.4 Å². The third-order valence-corrected chi connectivity index (χ3v) is 1.72. The number of rotatable bonds is 5. The predicted molar refractivity (Wildman–Crippen MR) is 49.9 cm³/mol. The van der Waals surface area contributed by atoms with Gasteiger partial charge in [0.05, 0.1) is 14.2 Å². The van der Waals surface area contributed by atoms with Crippen molar-refractivity contribution in [2.24, 2.45) is 0 Å². The highest BCUT2D eigenvalue weighted by atomic mass is 16.7. The first-order valence-corrected chi connectivity index (χ1v) is 4.02. The smallest absolute Gasteiger partial charge is 0.371 e. The van der Waals surface area contributed by atoms with Gasteiger partial charge in [-0.3, -0.25) is 0 Å². The van der Waals surface area contributed by atoms with Crippen molar-refractivity contribution in [3.8, 4) is 0 Å². The lowest BCUT2D eigenvalue weighted by Gasteiger charge is -2.23. The predicted octanol–water partition coefficient (Wildman–Crippen LogP) is -0.122. The van der Waals surface area contributed by atoms with Crippen LogP contribution < -0.4 is 0 Å². The molecule has 0 saturated carbocycles. The minimum absolute atomic E-state index is 0.627. The summed E-state index contributed by atoms with van der Waals surface area (Å²) in [7, 11) is 4.90. The van der Waals surface area contributed by atoms with E-state index in [2.05, 4.69) is 9.47 Å². The summed E-state index contributed by atoms with van der Waals surface area (Å²) < 4.78 is 18.5. The van der Waals surface area contributed by atoms with Gasteiger partial charge in [-0.2, -0.15) is 0 Å². The quantitative estimate of drug-likeness (QED) is 0.364. The van der Waals surface area contributed by atoms with Crippen molar-refractivity contribution in [2.75, 3.05) is 28.4 Å². The largest absolute Gasteiger partial charge is 0.466 e. The maximum Gasteiger partial charge on any atom is 0.371 e. The van der Waals surface area contributed by atoms with E-state index in [4.69, 9.17) is 9.47 Å². The van der Waals surface area contributed by atoms with Gasteiger partial charge in [0, 0.05) is 20.3 Å². The van der Waals surface area contributed by atoms with E-state index in [1.54, 1.807) is 0 Å². The van der Waals surface area contributed by atoms with Gasteiger partial charge in [-0.25, -0.2) is 9.59 Å². The molecule has 0 atom stereocenters. The molecule has 0 fully saturated rings. The van der Waals surface area contributed by atoms with Crippen molar-refractivity contribution < 1.29 is 28.5 Å². The lowest BCUT2D eigenvalue weighted by molar-refractivity contribution is -0.208. The van der Waals surface area contributed by atoms with Crippen LogP contribution in [-0.4, -0.2) is 46.2 Å². The summed E-state index contributed by atoms with van der Waals surface area (Å²) in [4.78, 5) is 22.2. The second-order valence-electron chi connectivity index (χ2n) is 2.42. The normalized spacial score (nSPS) is 11.5. The minimum Gasteiger partial charge on any atom is -0.466 e. The van der Waals surface area contributed by atoms with Crippen LogP contribution in [0.15, 0.2) is 12.2 Å². The van der Waals surface area contributed by atoms with Crippen molar-refractivity contribution in [2.45, 2.75) is 5.79 Å². The molecule has 0 aromatic carbocycles. The first-order chi connectivity index (χ1) is 7.06. The van der Waals surface area contributed by atoms with Crippen LogP contribution in [0, 0.1) is 0 Å². The molecule has 0 N–H and O–H groups in total. The molecule has 0 radical (unpaired) electrons. The van der Waals surface area contributed by atoms with Gasteiger partial charge in [0.2, 0.25) is 0 Å². The molecule has 0 spiro atoms. The Kier molecular flexibility index (Phi) is 5.58. The molecule has 15 heavy (non-hydrogen) atoms. The number of ether oxygens (including phenoxy) is 4. The molecule has 6 heteroatoms. The Labute approximate surface area is 87.7 Å². The average Bonchev–Trinajstić information content (AvgIpc) is 2.29. The van der Waals surface area contributed by atoms with E-state index in [0.717, 1.165) is 12.2 Å². The van der Waals surface area contributed by atoms with E-state index in [9.17, 15) is 9.59 Å². The molecule has 0 saturated heterocycles. The molecule has 0 heterocycles. The third-order valence-electron chi connectivity index (χ3n) is 1.72. The topological polar surface area (TPSA) is 71.1 Å². The first kappa shape index (κ1) is 13.6. The van der Waals surface area contributed by atoms with Crippen molar-refractivity contribution in [1.29, 1.82) is 0 Å². The summed E-state index contributed by atoms with van der Waals surface area (Å²) in [5.41, 5.74) is 0. The molecule has 0 aromatic rings. The maximum absolute atomic E-state index is 11.3. The average molecular weight is 218 g/mol. The summed E-state index contributed by atoms with van der Waals surface area (Å²) >= 11 is 0. The van der Waals surface area contributed by atoms with E-state index in [1.807, 2.05) is 0 Å². The fourth-order valence-electron chi connectivity index (χ4n) is 0.842. The Morgan fingerprint density at radius 2 is 1.53 bits per heavy atom. The van der Waals surface area contributed by atoms with Gasteiger partial charge >= 0.3 is 11.9 Å². The maximum atomic E-state index is 11.3. The summed E-state index contributed by atoms with van der Waals surface area (Å²) in [6.07, 6.45) is 2.13.